The Morgan fingerprint density at radius 1 is 1.06 bits per heavy atom. The van der Waals surface area contributed by atoms with E-state index < -0.39 is 6.29 Å². The molecule has 0 bridgehead atoms. The Labute approximate surface area is 183 Å². The summed E-state index contributed by atoms with van der Waals surface area (Å²) in [5.74, 6) is 6.92. The third kappa shape index (κ3) is 4.15. The van der Waals surface area contributed by atoms with E-state index in [9.17, 15) is 4.39 Å². The van der Waals surface area contributed by atoms with Gasteiger partial charge in [0.15, 0.2) is 5.16 Å². The van der Waals surface area contributed by atoms with Gasteiger partial charge in [-0.25, -0.2) is 14.1 Å². The first-order valence-corrected chi connectivity index (χ1v) is 10.8. The number of hydrogen-bond donors (Lipinski definition) is 1. The highest BCUT2D eigenvalue weighted by molar-refractivity contribution is 7.98. The summed E-state index contributed by atoms with van der Waals surface area (Å²) in [6.45, 7) is 0.286. The first-order valence-electron chi connectivity index (χ1n) is 9.84. The number of aromatic nitrogens is 2. The summed E-state index contributed by atoms with van der Waals surface area (Å²) in [5.41, 5.74) is 4.14. The van der Waals surface area contributed by atoms with Crippen molar-refractivity contribution in [2.24, 2.45) is 0 Å². The van der Waals surface area contributed by atoms with E-state index in [4.69, 9.17) is 15.3 Å². The first-order chi connectivity index (χ1) is 15.2. The molecule has 0 saturated heterocycles. The van der Waals surface area contributed by atoms with Crippen LogP contribution in [0.3, 0.4) is 0 Å². The van der Waals surface area contributed by atoms with Crippen molar-refractivity contribution in [2.45, 2.75) is 23.8 Å². The number of nitrogen functional groups attached to an aromatic ring is 1. The van der Waals surface area contributed by atoms with Crippen LogP contribution in [0.2, 0.25) is 0 Å². The zero-order chi connectivity index (χ0) is 21.2. The highest BCUT2D eigenvalue weighted by Crippen LogP contribution is 2.39. The molecule has 5 nitrogen and oxygen atoms in total. The number of thioether (sulfide) groups is 1. The van der Waals surface area contributed by atoms with Gasteiger partial charge in [0.1, 0.15) is 11.6 Å². The molecule has 0 amide bonds. The number of imidazole rings is 1. The van der Waals surface area contributed by atoms with Crippen molar-refractivity contribution >= 4 is 11.8 Å². The highest BCUT2D eigenvalue weighted by atomic mass is 32.2. The third-order valence-electron chi connectivity index (χ3n) is 5.02. The van der Waals surface area contributed by atoms with Gasteiger partial charge >= 0.3 is 0 Å². The van der Waals surface area contributed by atoms with Gasteiger partial charge in [0.25, 0.3) is 0 Å². The minimum Gasteiger partial charge on any atom is -0.460 e. The summed E-state index contributed by atoms with van der Waals surface area (Å²) in [6, 6.07) is 22.5. The van der Waals surface area contributed by atoms with Crippen LogP contribution in [0, 0.1) is 5.82 Å². The average Bonchev–Trinajstić information content (AvgIpc) is 3.19. The van der Waals surface area contributed by atoms with Gasteiger partial charge in [-0.1, -0.05) is 72.4 Å². The third-order valence-corrected chi connectivity index (χ3v) is 6.03. The van der Waals surface area contributed by atoms with Crippen LogP contribution in [0.1, 0.15) is 23.0 Å². The van der Waals surface area contributed by atoms with Crippen molar-refractivity contribution in [3.63, 3.8) is 0 Å². The molecule has 0 saturated carbocycles. The Morgan fingerprint density at radius 3 is 2.58 bits per heavy atom. The van der Waals surface area contributed by atoms with Crippen LogP contribution in [-0.4, -0.2) is 9.66 Å². The molecule has 1 aliphatic rings. The molecular formula is C24H20FN3O2S. The Bertz CT molecular complexity index is 1200. The van der Waals surface area contributed by atoms with E-state index >= 15 is 0 Å². The molecule has 1 unspecified atom stereocenters. The number of benzene rings is 3. The molecule has 156 valence electrons. The predicted octanol–water partition coefficient (Wildman–Crippen LogP) is 5.30. The van der Waals surface area contributed by atoms with E-state index in [1.165, 1.54) is 28.6 Å². The zero-order valence-electron chi connectivity index (χ0n) is 16.6. The maximum Gasteiger partial charge on any atom is 0.227 e. The molecule has 3 aromatic carbocycles. The van der Waals surface area contributed by atoms with Gasteiger partial charge in [-0.2, -0.15) is 0 Å². The van der Waals surface area contributed by atoms with Gasteiger partial charge in [-0.3, -0.25) is 0 Å². The van der Waals surface area contributed by atoms with E-state index in [2.05, 4.69) is 4.98 Å². The van der Waals surface area contributed by atoms with Crippen LogP contribution in [0.25, 0.3) is 11.3 Å². The normalized spacial score (nSPS) is 15.3. The minimum atomic E-state index is -0.524. The fraction of sp³-hybridized carbons (Fsp3) is 0.125. The van der Waals surface area contributed by atoms with Crippen molar-refractivity contribution in [1.82, 2.24) is 9.66 Å². The summed E-state index contributed by atoms with van der Waals surface area (Å²) >= 11 is 1.43. The summed E-state index contributed by atoms with van der Waals surface area (Å²) in [4.78, 5) is 4.63. The Balaban J connectivity index is 1.38. The standard InChI is InChI=1S/C24H20FN3O2S/c25-20-11-18-14-29-23(17-9-5-2-6-10-17)30-22(18)19(12-20)15-31-24-27-21(13-28(24)26)16-7-3-1-4-8-16/h1-13,23H,14-15,26H2. The zero-order valence-corrected chi connectivity index (χ0v) is 17.4. The van der Waals surface area contributed by atoms with Crippen molar-refractivity contribution in [3.05, 3.63) is 102 Å². The van der Waals surface area contributed by atoms with Crippen molar-refractivity contribution in [2.75, 3.05) is 5.84 Å². The van der Waals surface area contributed by atoms with E-state index in [0.717, 1.165) is 22.4 Å². The number of nitrogens with two attached hydrogens (primary N) is 1. The van der Waals surface area contributed by atoms with Crippen LogP contribution in [0.15, 0.2) is 84.1 Å². The van der Waals surface area contributed by atoms with Crippen LogP contribution < -0.4 is 10.6 Å². The highest BCUT2D eigenvalue weighted by Gasteiger charge is 2.25. The summed E-state index contributed by atoms with van der Waals surface area (Å²) in [6.07, 6.45) is 1.26. The number of nitrogens with zero attached hydrogens (tertiary/aromatic N) is 2. The Hall–Kier alpha value is -3.29. The topological polar surface area (TPSA) is 62.3 Å². The molecule has 0 radical (unpaired) electrons. The number of halogens is 1. The lowest BCUT2D eigenvalue weighted by Gasteiger charge is -2.28. The van der Waals surface area contributed by atoms with E-state index in [1.54, 1.807) is 6.20 Å². The van der Waals surface area contributed by atoms with Crippen LogP contribution in [0.4, 0.5) is 4.39 Å². The molecule has 0 fully saturated rings. The lowest BCUT2D eigenvalue weighted by Crippen LogP contribution is -2.19. The van der Waals surface area contributed by atoms with Gasteiger partial charge < -0.3 is 15.3 Å². The number of rotatable bonds is 5. The quantitative estimate of drug-likeness (QED) is 0.342. The van der Waals surface area contributed by atoms with Crippen molar-refractivity contribution in [3.8, 4) is 17.0 Å². The molecule has 2 heterocycles. The molecule has 2 N–H and O–H groups in total. The van der Waals surface area contributed by atoms with Gasteiger partial charge in [-0.15, -0.1) is 0 Å². The second-order valence-corrected chi connectivity index (χ2v) is 8.14. The Kier molecular flexibility index (Phi) is 5.36. The summed E-state index contributed by atoms with van der Waals surface area (Å²) < 4.78 is 27.7. The molecular weight excluding hydrogens is 413 g/mol. The minimum absolute atomic E-state index is 0.286. The maximum atomic E-state index is 14.2. The van der Waals surface area contributed by atoms with Gasteiger partial charge in [-0.05, 0) is 12.1 Å². The first kappa shape index (κ1) is 19.7. The molecule has 4 aromatic rings. The van der Waals surface area contributed by atoms with Crippen LogP contribution >= 0.6 is 11.8 Å². The van der Waals surface area contributed by atoms with Gasteiger partial charge in [0.05, 0.1) is 18.5 Å². The number of hydrogen-bond acceptors (Lipinski definition) is 5. The van der Waals surface area contributed by atoms with Crippen LogP contribution in [-0.2, 0) is 17.1 Å². The van der Waals surface area contributed by atoms with Gasteiger partial charge in [0, 0.05) is 28.0 Å². The molecule has 0 spiro atoms. The second-order valence-electron chi connectivity index (χ2n) is 7.20. The SMILES string of the molecule is Nn1cc(-c2ccccc2)nc1SCc1cc(F)cc2c1OC(c1ccccc1)OC2. The second kappa shape index (κ2) is 8.45. The van der Waals surface area contributed by atoms with E-state index in [-0.39, 0.29) is 12.4 Å². The summed E-state index contributed by atoms with van der Waals surface area (Å²) in [7, 11) is 0. The van der Waals surface area contributed by atoms with E-state index in [1.807, 2.05) is 60.7 Å². The fourth-order valence-corrected chi connectivity index (χ4v) is 4.40. The van der Waals surface area contributed by atoms with Crippen LogP contribution in [0.5, 0.6) is 5.75 Å². The molecule has 31 heavy (non-hydrogen) atoms. The number of ether oxygens (including phenoxy) is 2. The number of fused-ring (bicyclic) bond motifs is 1. The molecule has 1 aliphatic heterocycles. The molecule has 5 rings (SSSR count). The maximum absolute atomic E-state index is 14.2. The molecule has 0 aliphatic carbocycles. The average molecular weight is 434 g/mol. The smallest absolute Gasteiger partial charge is 0.227 e. The molecule has 1 aromatic heterocycles. The molecule has 7 heteroatoms. The summed E-state index contributed by atoms with van der Waals surface area (Å²) in [5, 5.41) is 0.642. The lowest BCUT2D eigenvalue weighted by molar-refractivity contribution is -0.112. The Morgan fingerprint density at radius 2 is 1.81 bits per heavy atom. The lowest BCUT2D eigenvalue weighted by atomic mass is 10.1. The van der Waals surface area contributed by atoms with E-state index in [0.29, 0.717) is 22.2 Å². The molecule has 1 atom stereocenters. The van der Waals surface area contributed by atoms with Crippen molar-refractivity contribution in [1.29, 1.82) is 0 Å². The monoisotopic (exact) mass is 433 g/mol. The largest absolute Gasteiger partial charge is 0.460 e. The fourth-order valence-electron chi connectivity index (χ4n) is 3.53. The van der Waals surface area contributed by atoms with Gasteiger partial charge in [0.2, 0.25) is 6.29 Å². The van der Waals surface area contributed by atoms with Crippen molar-refractivity contribution < 1.29 is 13.9 Å². The predicted molar refractivity (Wildman–Crippen MR) is 118 cm³/mol.